The molecular weight excluding hydrogens is 192 g/mol. The molecule has 1 rings (SSSR count). The van der Waals surface area contributed by atoms with Crippen LogP contribution in [0.4, 0.5) is 0 Å². The highest BCUT2D eigenvalue weighted by Crippen LogP contribution is 2.22. The number of hydrogen-bond donors (Lipinski definition) is 1. The largest absolute Gasteiger partial charge is 0.512 e. The fraction of sp³-hybridized carbons (Fsp3) is 0.455. The van der Waals surface area contributed by atoms with E-state index in [0.717, 1.165) is 11.1 Å². The summed E-state index contributed by atoms with van der Waals surface area (Å²) < 4.78 is 5.78. The molecule has 0 unspecified atom stereocenters. The Kier molecular flexibility index (Phi) is 3.34. The molecule has 1 aliphatic rings. The predicted molar refractivity (Wildman–Crippen MR) is 61.8 cm³/mol. The van der Waals surface area contributed by atoms with E-state index in [1.165, 1.54) is 0 Å². The minimum Gasteiger partial charge on any atom is -0.512 e. The highest BCUT2D eigenvalue weighted by molar-refractivity contribution is 6.69. The molecule has 0 aromatic heterocycles. The molecule has 0 saturated heterocycles. The van der Waals surface area contributed by atoms with Crippen molar-refractivity contribution in [3.05, 3.63) is 35.1 Å². The summed E-state index contributed by atoms with van der Waals surface area (Å²) in [6.45, 7) is 8.78. The Morgan fingerprint density at radius 2 is 2.07 bits per heavy atom. The minimum absolute atomic E-state index is 0.365. The fourth-order valence-corrected chi connectivity index (χ4v) is 1.82. The van der Waals surface area contributed by atoms with Crippen LogP contribution in [0.15, 0.2) is 35.1 Å². The van der Waals surface area contributed by atoms with Gasteiger partial charge in [0.05, 0.1) is 12.4 Å². The Balaban J connectivity index is 2.61. The second kappa shape index (κ2) is 4.15. The van der Waals surface area contributed by atoms with Gasteiger partial charge in [0.2, 0.25) is 0 Å². The molecule has 0 radical (unpaired) electrons. The average Bonchev–Trinajstić information content (AvgIpc) is 2.46. The first kappa shape index (κ1) is 11.3. The van der Waals surface area contributed by atoms with E-state index in [9.17, 15) is 5.11 Å². The van der Waals surface area contributed by atoms with Gasteiger partial charge in [-0.25, -0.2) is 0 Å². The van der Waals surface area contributed by atoms with E-state index in [1.54, 1.807) is 6.92 Å². The van der Waals surface area contributed by atoms with Gasteiger partial charge in [-0.05, 0) is 32.1 Å². The zero-order valence-corrected chi connectivity index (χ0v) is 10.3. The van der Waals surface area contributed by atoms with Crippen molar-refractivity contribution in [1.29, 1.82) is 0 Å². The van der Waals surface area contributed by atoms with Crippen LogP contribution >= 0.6 is 0 Å². The summed E-state index contributed by atoms with van der Waals surface area (Å²) in [5.74, 6) is 0.365. The summed E-state index contributed by atoms with van der Waals surface area (Å²) in [6, 6.07) is 0. The summed E-state index contributed by atoms with van der Waals surface area (Å²) in [5, 5.41) is 9.40. The van der Waals surface area contributed by atoms with Gasteiger partial charge in [0, 0.05) is 5.57 Å². The maximum absolute atomic E-state index is 9.40. The molecule has 0 saturated carbocycles. The molecule has 14 heavy (non-hydrogen) atoms. The molecule has 0 atom stereocenters. The molecule has 1 aliphatic carbocycles. The lowest BCUT2D eigenvalue weighted by molar-refractivity contribution is 0.346. The molecule has 0 amide bonds. The van der Waals surface area contributed by atoms with Crippen LogP contribution in [0, 0.1) is 0 Å². The maximum Gasteiger partial charge on any atom is 0.184 e. The first-order valence-electron chi connectivity index (χ1n) is 4.81. The van der Waals surface area contributed by atoms with E-state index in [4.69, 9.17) is 4.43 Å². The Bertz CT molecular complexity index is 302. The Morgan fingerprint density at radius 1 is 1.43 bits per heavy atom. The van der Waals surface area contributed by atoms with Crippen LogP contribution in [0.25, 0.3) is 0 Å². The lowest BCUT2D eigenvalue weighted by Gasteiger charge is -2.18. The van der Waals surface area contributed by atoms with E-state index >= 15 is 0 Å². The van der Waals surface area contributed by atoms with E-state index in [-0.39, 0.29) is 0 Å². The first-order chi connectivity index (χ1) is 6.40. The lowest BCUT2D eigenvalue weighted by atomic mass is 10.1. The normalized spacial score (nSPS) is 19.9. The fourth-order valence-electron chi connectivity index (χ4n) is 1.23. The second-order valence-electron chi connectivity index (χ2n) is 4.45. The molecule has 0 aliphatic heterocycles. The van der Waals surface area contributed by atoms with Gasteiger partial charge in [0.15, 0.2) is 8.32 Å². The van der Waals surface area contributed by atoms with Crippen LogP contribution in [-0.4, -0.2) is 20.0 Å². The zero-order chi connectivity index (χ0) is 10.8. The van der Waals surface area contributed by atoms with E-state index < -0.39 is 8.32 Å². The molecule has 78 valence electrons. The van der Waals surface area contributed by atoms with Crippen LogP contribution in [0.1, 0.15) is 6.92 Å². The third kappa shape index (κ3) is 3.16. The summed E-state index contributed by atoms with van der Waals surface area (Å²) in [4.78, 5) is 0. The minimum atomic E-state index is -1.46. The van der Waals surface area contributed by atoms with Crippen molar-refractivity contribution in [2.24, 2.45) is 0 Å². The van der Waals surface area contributed by atoms with Crippen molar-refractivity contribution in [3.63, 3.8) is 0 Å². The van der Waals surface area contributed by atoms with Gasteiger partial charge < -0.3 is 9.53 Å². The second-order valence-corrected chi connectivity index (χ2v) is 8.96. The van der Waals surface area contributed by atoms with Crippen LogP contribution in [-0.2, 0) is 4.43 Å². The summed E-state index contributed by atoms with van der Waals surface area (Å²) in [7, 11) is -1.46. The number of aliphatic hydroxyl groups excluding tert-OH is 1. The number of allylic oxidation sites excluding steroid dienone is 4. The molecule has 1 N–H and O–H groups in total. The van der Waals surface area contributed by atoms with Crippen LogP contribution in [0.2, 0.25) is 19.6 Å². The maximum atomic E-state index is 9.40. The van der Waals surface area contributed by atoms with Gasteiger partial charge in [-0.3, -0.25) is 0 Å². The Morgan fingerprint density at radius 3 is 2.57 bits per heavy atom. The quantitative estimate of drug-likeness (QED) is 0.572. The van der Waals surface area contributed by atoms with Crippen LogP contribution in [0.5, 0.6) is 0 Å². The summed E-state index contributed by atoms with van der Waals surface area (Å²) in [5.41, 5.74) is 1.98. The van der Waals surface area contributed by atoms with Gasteiger partial charge in [-0.15, -0.1) is 0 Å². The highest BCUT2D eigenvalue weighted by Gasteiger charge is 2.17. The topological polar surface area (TPSA) is 29.5 Å². The van der Waals surface area contributed by atoms with Crippen molar-refractivity contribution >= 4 is 8.32 Å². The van der Waals surface area contributed by atoms with Gasteiger partial charge in [0.1, 0.15) is 0 Å². The van der Waals surface area contributed by atoms with Crippen LogP contribution < -0.4 is 0 Å². The molecular formula is C11H18O2Si. The predicted octanol–water partition coefficient (Wildman–Crippen LogP) is 3.17. The summed E-state index contributed by atoms with van der Waals surface area (Å²) >= 11 is 0. The molecule has 0 aromatic rings. The first-order valence-corrected chi connectivity index (χ1v) is 8.22. The molecule has 0 spiro atoms. The van der Waals surface area contributed by atoms with E-state index in [2.05, 4.69) is 19.6 Å². The van der Waals surface area contributed by atoms with Crippen LogP contribution in [0.3, 0.4) is 0 Å². The van der Waals surface area contributed by atoms with E-state index in [0.29, 0.717) is 12.4 Å². The van der Waals surface area contributed by atoms with Crippen molar-refractivity contribution in [2.75, 3.05) is 6.61 Å². The third-order valence-corrected chi connectivity index (χ3v) is 2.97. The smallest absolute Gasteiger partial charge is 0.184 e. The average molecular weight is 210 g/mol. The standard InChI is InChI=1S/C11H18O2Si/c1-9(12)11-7-5-6-10(11)8-13-14(2,3)4/h5-7,12H,8H2,1-4H3. The molecule has 0 heterocycles. The molecule has 0 aromatic carbocycles. The molecule has 0 fully saturated rings. The SMILES string of the molecule is CC(O)=C1C=CC=C1CO[Si](C)(C)C. The lowest BCUT2D eigenvalue weighted by Crippen LogP contribution is -2.26. The van der Waals surface area contributed by atoms with Crippen molar-refractivity contribution in [3.8, 4) is 0 Å². The molecule has 3 heteroatoms. The van der Waals surface area contributed by atoms with Gasteiger partial charge in [-0.2, -0.15) is 0 Å². The van der Waals surface area contributed by atoms with Gasteiger partial charge in [0.25, 0.3) is 0 Å². The van der Waals surface area contributed by atoms with Gasteiger partial charge >= 0.3 is 0 Å². The van der Waals surface area contributed by atoms with Crippen molar-refractivity contribution in [1.82, 2.24) is 0 Å². The van der Waals surface area contributed by atoms with Crippen molar-refractivity contribution < 1.29 is 9.53 Å². The number of rotatable bonds is 3. The number of hydrogen-bond acceptors (Lipinski definition) is 2. The van der Waals surface area contributed by atoms with Crippen molar-refractivity contribution in [2.45, 2.75) is 26.6 Å². The zero-order valence-electron chi connectivity index (χ0n) is 9.29. The van der Waals surface area contributed by atoms with E-state index in [1.807, 2.05) is 18.2 Å². The monoisotopic (exact) mass is 210 g/mol. The summed E-state index contributed by atoms with van der Waals surface area (Å²) in [6.07, 6.45) is 5.85. The molecule has 0 bridgehead atoms. The number of aliphatic hydroxyl groups is 1. The highest BCUT2D eigenvalue weighted by atomic mass is 28.4. The Hall–Kier alpha value is -0.803. The Labute approximate surface area is 86.7 Å². The molecule has 2 nitrogen and oxygen atoms in total. The third-order valence-electron chi connectivity index (χ3n) is 1.96. The van der Waals surface area contributed by atoms with Gasteiger partial charge in [-0.1, -0.05) is 18.2 Å².